The average molecular weight is 252 g/mol. The topological polar surface area (TPSA) is 0 Å². The van der Waals surface area contributed by atoms with Gasteiger partial charge in [0.15, 0.2) is 0 Å². The molecule has 1 fully saturated rings. The van der Waals surface area contributed by atoms with Crippen LogP contribution in [0.5, 0.6) is 0 Å². The Bertz CT molecular complexity index is 281. The van der Waals surface area contributed by atoms with Crippen LogP contribution >= 0.6 is 0 Å². The molecule has 18 heavy (non-hydrogen) atoms. The number of rotatable bonds is 0. The molecule has 0 aromatic rings. The normalized spacial score (nSPS) is 32.3. The quantitative estimate of drug-likeness (QED) is 0.484. The molecular weight excluding hydrogens is 216 g/mol. The Labute approximate surface area is 116 Å². The lowest BCUT2D eigenvalue weighted by molar-refractivity contribution is -0.157. The first kappa shape index (κ1) is 16.1. The van der Waals surface area contributed by atoms with Gasteiger partial charge in [0.1, 0.15) is 0 Å². The summed E-state index contributed by atoms with van der Waals surface area (Å²) >= 11 is 0. The summed E-state index contributed by atoms with van der Waals surface area (Å²) in [6.45, 7) is 24.7. The molecule has 1 aliphatic carbocycles. The van der Waals surface area contributed by atoms with Crippen molar-refractivity contribution in [2.24, 2.45) is 33.5 Å². The fourth-order valence-corrected chi connectivity index (χ4v) is 5.54. The van der Waals surface area contributed by atoms with Crippen LogP contribution in [0.1, 0.15) is 82.1 Å². The van der Waals surface area contributed by atoms with E-state index in [0.29, 0.717) is 21.7 Å². The Morgan fingerprint density at radius 2 is 1.22 bits per heavy atom. The summed E-state index contributed by atoms with van der Waals surface area (Å²) in [5.74, 6) is 1.62. The smallest absolute Gasteiger partial charge is 0.0167 e. The fraction of sp³-hybridized carbons (Fsp3) is 1.00. The molecule has 0 bridgehead atoms. The maximum absolute atomic E-state index is 2.51. The number of hydrogen-bond donors (Lipinski definition) is 0. The second kappa shape index (κ2) is 4.25. The van der Waals surface area contributed by atoms with Gasteiger partial charge < -0.3 is 0 Å². The molecule has 1 rings (SSSR count). The highest BCUT2D eigenvalue weighted by atomic mass is 14.6. The summed E-state index contributed by atoms with van der Waals surface area (Å²) in [4.78, 5) is 0. The van der Waals surface area contributed by atoms with Crippen molar-refractivity contribution in [1.29, 1.82) is 0 Å². The Balaban J connectivity index is 3.41. The molecule has 1 saturated carbocycles. The summed E-state index contributed by atoms with van der Waals surface area (Å²) in [6, 6.07) is 0. The van der Waals surface area contributed by atoms with Gasteiger partial charge >= 0.3 is 0 Å². The first-order valence-corrected chi connectivity index (χ1v) is 7.75. The second-order valence-electron chi connectivity index (χ2n) is 9.78. The largest absolute Gasteiger partial charge is 0.0622 e. The molecule has 0 heterocycles. The van der Waals surface area contributed by atoms with Crippen molar-refractivity contribution < 1.29 is 0 Å². The van der Waals surface area contributed by atoms with Gasteiger partial charge in [-0.25, -0.2) is 0 Å². The van der Waals surface area contributed by atoms with Crippen LogP contribution in [0.2, 0.25) is 0 Å². The molecule has 2 unspecified atom stereocenters. The van der Waals surface area contributed by atoms with Crippen LogP contribution in [0.4, 0.5) is 0 Å². The van der Waals surface area contributed by atoms with Crippen molar-refractivity contribution >= 4 is 0 Å². The third-order valence-corrected chi connectivity index (χ3v) is 5.94. The molecule has 0 N–H and O–H groups in total. The predicted molar refractivity (Wildman–Crippen MR) is 82.7 cm³/mol. The highest BCUT2D eigenvalue weighted by Crippen LogP contribution is 2.66. The van der Waals surface area contributed by atoms with Gasteiger partial charge in [-0.2, -0.15) is 0 Å². The Kier molecular flexibility index (Phi) is 3.79. The zero-order chi connectivity index (χ0) is 14.6. The van der Waals surface area contributed by atoms with Crippen molar-refractivity contribution in [2.45, 2.75) is 82.1 Å². The first-order chi connectivity index (χ1) is 7.75. The summed E-state index contributed by atoms with van der Waals surface area (Å²) in [5, 5.41) is 0. The van der Waals surface area contributed by atoms with Gasteiger partial charge in [0.05, 0.1) is 0 Å². The van der Waals surface area contributed by atoms with Crippen LogP contribution in [0.25, 0.3) is 0 Å². The molecule has 0 radical (unpaired) electrons. The van der Waals surface area contributed by atoms with Crippen LogP contribution in [-0.2, 0) is 0 Å². The van der Waals surface area contributed by atoms with Crippen LogP contribution in [0, 0.1) is 33.5 Å². The van der Waals surface area contributed by atoms with Crippen LogP contribution in [0.15, 0.2) is 0 Å². The van der Waals surface area contributed by atoms with E-state index in [0.717, 1.165) is 11.8 Å². The van der Waals surface area contributed by atoms with E-state index in [1.165, 1.54) is 12.8 Å². The standard InChI is InChI=1S/C18H36/c1-13-11-17(9,10)12-18(14(13)2,15(3,4)5)16(6,7)8/h13-14H,11-12H2,1-10H3. The lowest BCUT2D eigenvalue weighted by Crippen LogP contribution is -2.57. The molecule has 0 aliphatic heterocycles. The molecule has 0 spiro atoms. The van der Waals surface area contributed by atoms with Crippen LogP contribution in [-0.4, -0.2) is 0 Å². The Hall–Kier alpha value is 0. The summed E-state index contributed by atoms with van der Waals surface area (Å²) in [6.07, 6.45) is 2.74. The van der Waals surface area contributed by atoms with Crippen molar-refractivity contribution in [3.63, 3.8) is 0 Å². The minimum absolute atomic E-state index is 0.358. The number of hydrogen-bond acceptors (Lipinski definition) is 0. The minimum atomic E-state index is 0.358. The highest BCUT2D eigenvalue weighted by molar-refractivity contribution is 5.07. The Morgan fingerprint density at radius 3 is 1.56 bits per heavy atom. The second-order valence-corrected chi connectivity index (χ2v) is 9.78. The van der Waals surface area contributed by atoms with E-state index in [9.17, 15) is 0 Å². The van der Waals surface area contributed by atoms with Gasteiger partial charge in [0.25, 0.3) is 0 Å². The van der Waals surface area contributed by atoms with Gasteiger partial charge in [0.2, 0.25) is 0 Å². The first-order valence-electron chi connectivity index (χ1n) is 7.75. The molecule has 0 saturated heterocycles. The third-order valence-electron chi connectivity index (χ3n) is 5.94. The van der Waals surface area contributed by atoms with E-state index >= 15 is 0 Å². The minimum Gasteiger partial charge on any atom is -0.0622 e. The van der Waals surface area contributed by atoms with Crippen molar-refractivity contribution in [1.82, 2.24) is 0 Å². The van der Waals surface area contributed by atoms with E-state index in [1.807, 2.05) is 0 Å². The van der Waals surface area contributed by atoms with Crippen molar-refractivity contribution in [2.75, 3.05) is 0 Å². The maximum Gasteiger partial charge on any atom is -0.0167 e. The highest BCUT2D eigenvalue weighted by Gasteiger charge is 2.59. The van der Waals surface area contributed by atoms with Gasteiger partial charge in [-0.05, 0) is 46.3 Å². The molecule has 0 aromatic carbocycles. The zero-order valence-electron chi connectivity index (χ0n) is 14.6. The average Bonchev–Trinajstić information content (AvgIpc) is 2.06. The van der Waals surface area contributed by atoms with Gasteiger partial charge in [-0.1, -0.05) is 69.2 Å². The summed E-state index contributed by atoms with van der Waals surface area (Å²) in [7, 11) is 0. The lowest BCUT2D eigenvalue weighted by Gasteiger charge is -2.64. The van der Waals surface area contributed by atoms with E-state index in [2.05, 4.69) is 69.2 Å². The maximum atomic E-state index is 2.51. The van der Waals surface area contributed by atoms with E-state index in [4.69, 9.17) is 0 Å². The summed E-state index contributed by atoms with van der Waals surface area (Å²) in [5.41, 5.74) is 1.61. The SMILES string of the molecule is CC1CC(C)(C)CC(C(C)(C)C)(C(C)(C)C)C1C. The van der Waals surface area contributed by atoms with E-state index in [1.54, 1.807) is 0 Å². The molecular formula is C18H36. The predicted octanol–water partition coefficient (Wildman–Crippen LogP) is 6.16. The lowest BCUT2D eigenvalue weighted by atomic mass is 9.40. The molecule has 0 nitrogen and oxygen atoms in total. The molecule has 1 aliphatic rings. The summed E-state index contributed by atoms with van der Waals surface area (Å²) < 4.78 is 0. The van der Waals surface area contributed by atoms with Crippen LogP contribution < -0.4 is 0 Å². The van der Waals surface area contributed by atoms with Gasteiger partial charge in [-0.15, -0.1) is 0 Å². The van der Waals surface area contributed by atoms with Crippen molar-refractivity contribution in [3.05, 3.63) is 0 Å². The molecule has 0 heteroatoms. The van der Waals surface area contributed by atoms with Gasteiger partial charge in [0, 0.05) is 0 Å². The fourth-order valence-electron chi connectivity index (χ4n) is 5.54. The molecule has 0 amide bonds. The van der Waals surface area contributed by atoms with E-state index < -0.39 is 0 Å². The Morgan fingerprint density at radius 1 is 0.833 bits per heavy atom. The molecule has 2 atom stereocenters. The molecule has 0 aromatic heterocycles. The third kappa shape index (κ3) is 2.37. The van der Waals surface area contributed by atoms with Crippen LogP contribution in [0.3, 0.4) is 0 Å². The monoisotopic (exact) mass is 252 g/mol. The van der Waals surface area contributed by atoms with Gasteiger partial charge in [-0.3, -0.25) is 0 Å². The van der Waals surface area contributed by atoms with E-state index in [-0.39, 0.29) is 0 Å². The van der Waals surface area contributed by atoms with Crippen molar-refractivity contribution in [3.8, 4) is 0 Å². The molecule has 108 valence electrons. The zero-order valence-corrected chi connectivity index (χ0v) is 14.6.